The summed E-state index contributed by atoms with van der Waals surface area (Å²) in [6.07, 6.45) is 0. The van der Waals surface area contributed by atoms with Gasteiger partial charge in [0.1, 0.15) is 0 Å². The Hall–Kier alpha value is -7.54. The van der Waals surface area contributed by atoms with Gasteiger partial charge in [-0.3, -0.25) is 0 Å². The van der Waals surface area contributed by atoms with Crippen molar-refractivity contribution in [1.82, 2.24) is 18.7 Å². The van der Waals surface area contributed by atoms with E-state index in [0.29, 0.717) is 0 Å². The number of benzene rings is 16. The number of hydrogen-bond acceptors (Lipinski definition) is 0. The van der Waals surface area contributed by atoms with Gasteiger partial charge in [0.2, 0.25) is 0 Å². The summed E-state index contributed by atoms with van der Waals surface area (Å²) in [6, 6.07) is 141. The molecule has 0 atom stereocenters. The first-order valence-electron chi connectivity index (χ1n) is 48.4. The number of aromatic nitrogens is 4. The Kier molecular flexibility index (Phi) is 21.9. The Labute approximate surface area is 807 Å². The Morgan fingerprint density at radius 3 is 0.911 bits per heavy atom. The molecule has 0 amide bonds. The standard InChI is InChI=1S/C49H32N2.C25H17Br.C24H16N2.9V.13H2/c1-3-15-33(16-4-1)49(34-17-5-2-6-18-34)43-23-11-7-19-37(43)41-31-35(27-29-44(41)49)51-47-26-14-10-22-40(47)42-32-36(28-30-48(42)51)50-45-24-12-8-20-38(45)39-21-9-13-25-46(39)50;26-20-15-16-24-22(17-20)21-13-7-8-14-23(21)25(24,18-9-3-1-4-10-18)19-11-5-2-6-12-19;1-4-10-21-17(7-1)20-15-16(13-14-22(20)25-21)26-23-11-5-2-8-18(23)19-9-3-6-12-24(19)26;;;;;;;;;;;;;;;;;;;;;;/h1-32H;1-17H;1-15,25H;;;;;;;;;;13*1H/i;;;;;;;;;;;;13*1+1D. The molecule has 0 saturated carbocycles. The quantitative estimate of drug-likeness (QED) is 0.165. The van der Waals surface area contributed by atoms with Gasteiger partial charge in [-0.05, 0) is 164 Å². The molecule has 2 aliphatic rings. The second-order valence-electron chi connectivity index (χ2n) is 27.2. The first-order chi connectivity index (χ1) is 64.0. The third-order valence-electron chi connectivity index (χ3n) is 21.9. The Balaban J connectivity index is -0.00000181. The molecule has 4 nitrogen and oxygen atoms in total. The average molecular weight is 1890 g/mol. The summed E-state index contributed by atoms with van der Waals surface area (Å²) in [4.78, 5) is 3.52. The topological polar surface area (TPSA) is 30.6 Å². The first-order valence-corrected chi connectivity index (χ1v) is 36.2. The van der Waals surface area contributed by atoms with Gasteiger partial charge in [0.15, 0.2) is 0 Å². The normalized spacial score (nSPS) is 12.9. The molecule has 16 aromatic carbocycles. The van der Waals surface area contributed by atoms with Crippen molar-refractivity contribution in [2.45, 2.75) is 10.8 Å². The van der Waals surface area contributed by atoms with E-state index in [-0.39, 0.29) is 172 Å². The molecule has 112 heavy (non-hydrogen) atoms. The van der Waals surface area contributed by atoms with Crippen molar-refractivity contribution >= 4 is 103 Å². The van der Waals surface area contributed by atoms with Crippen molar-refractivity contribution in [3.05, 3.63) is 437 Å². The van der Waals surface area contributed by atoms with Crippen molar-refractivity contribution in [2.75, 3.05) is 0 Å². The van der Waals surface area contributed by atoms with Crippen LogP contribution in [0.5, 0.6) is 0 Å². The molecule has 2 aliphatic carbocycles. The molecule has 4 heterocycles. The molecule has 20 aromatic rings. The molecular weight excluding hydrogens is 1770 g/mol. The van der Waals surface area contributed by atoms with Gasteiger partial charge in [-0.2, -0.15) is 0 Å². The Bertz CT molecular complexity index is 6650. The number of fused-ring (bicyclic) bond motifs is 18. The second kappa shape index (κ2) is 35.7. The number of rotatable bonds is 7. The van der Waals surface area contributed by atoms with Crippen LogP contribution in [0.2, 0.25) is 0 Å². The van der Waals surface area contributed by atoms with Crippen molar-refractivity contribution in [3.63, 3.8) is 0 Å². The van der Waals surface area contributed by atoms with Gasteiger partial charge >= 0.3 is 0 Å². The zero-order valence-corrected chi connectivity index (χ0v) is 74.4. The molecular formula is C98H91BrN4V9. The van der Waals surface area contributed by atoms with Crippen LogP contribution in [-0.2, 0) is 178 Å². The number of aromatic amines is 1. The molecule has 4 aromatic heterocycles. The van der Waals surface area contributed by atoms with Gasteiger partial charge in [0.25, 0.3) is 0 Å². The van der Waals surface area contributed by atoms with Crippen molar-refractivity contribution in [1.29, 1.82) is 0 Å². The molecule has 14 heteroatoms. The molecule has 1 N–H and O–H groups in total. The molecule has 0 aliphatic heterocycles. The van der Waals surface area contributed by atoms with Gasteiger partial charge in [-0.25, -0.2) is 0 Å². The van der Waals surface area contributed by atoms with Crippen LogP contribution in [0, 0.1) is 0 Å². The monoisotopic (exact) mass is 1890 g/mol. The minimum Gasteiger partial charge on any atom is -0.355 e. The molecule has 0 unspecified atom stereocenters. The number of para-hydroxylation sites is 6. The maximum atomic E-state index is 5.00. The minimum atomic E-state index is -0.412. The predicted octanol–water partition coefficient (Wildman–Crippen LogP) is 28.6. The molecule has 22 rings (SSSR count). The summed E-state index contributed by atoms with van der Waals surface area (Å²) in [7, 11) is 0. The van der Waals surface area contributed by atoms with E-state index in [0.717, 1.165) is 10.2 Å². The SMILES string of the molecule is Brc1ccc2c(c1)-c1ccccc1C2(c1ccccc1)c1ccccc1.[2H][2H].[2H][2H].[2H][2H].[2H][2H].[2H][2H].[2H][2H].[2H][2H].[2H][2H].[2H][2H].[2H][2H].[2H][2H].[2H][2H].[2H][2H].[V].[V].[V].[V].[V].[V].[V].[V].[V].c1ccc(C2(c3ccccc3)c3ccccc3-c3cc(-n4c5ccccc5c5cc(-n6c7ccccc7c7ccccc76)ccc54)ccc32)cc1.c1ccc2c(c1)[nH]c1ccc(-n3c4ccccc4c4ccccc43)cc12. The van der Waals surface area contributed by atoms with Gasteiger partial charge < -0.3 is 18.7 Å². The van der Waals surface area contributed by atoms with E-state index in [2.05, 4.69) is 423 Å². The summed E-state index contributed by atoms with van der Waals surface area (Å²) in [5.41, 5.74) is 28.2. The van der Waals surface area contributed by atoms with E-state index in [9.17, 15) is 0 Å². The maximum Gasteiger partial charge on any atom is 0.0713 e. The molecule has 0 bridgehead atoms. The van der Waals surface area contributed by atoms with Crippen LogP contribution in [-0.4, -0.2) is 18.7 Å². The molecule has 0 saturated heterocycles. The fraction of sp³-hybridized carbons (Fsp3) is 0.0204. The van der Waals surface area contributed by atoms with Crippen molar-refractivity contribution < 1.29 is 206 Å². The number of nitrogens with zero attached hydrogens (tertiary/aromatic N) is 3. The van der Waals surface area contributed by atoms with Gasteiger partial charge in [-0.1, -0.05) is 307 Å². The maximum absolute atomic E-state index is 5.00. The minimum absolute atomic E-state index is 0. The van der Waals surface area contributed by atoms with Crippen molar-refractivity contribution in [2.24, 2.45) is 0 Å². The summed E-state index contributed by atoms with van der Waals surface area (Å²) in [6.45, 7) is 0. The number of hydrogen-bond donors (Lipinski definition) is 1. The second-order valence-corrected chi connectivity index (χ2v) is 28.1. The zero-order chi connectivity index (χ0) is 94.2. The van der Waals surface area contributed by atoms with Crippen LogP contribution < -0.4 is 0 Å². The van der Waals surface area contributed by atoms with Gasteiger partial charge in [-0.15, -0.1) is 0 Å². The number of H-pyrrole nitrogens is 1. The van der Waals surface area contributed by atoms with Gasteiger partial charge in [0, 0.05) is 281 Å². The average Bonchev–Trinajstić information content (AvgIpc) is 1.54. The first kappa shape index (κ1) is 68.8. The Morgan fingerprint density at radius 2 is 0.491 bits per heavy atom. The smallest absolute Gasteiger partial charge is 0.0713 e. The van der Waals surface area contributed by atoms with E-state index in [4.69, 9.17) is 38.6 Å². The number of nitrogens with one attached hydrogen (secondary N) is 1. The summed E-state index contributed by atoms with van der Waals surface area (Å²) in [5.74, 6) is 0. The van der Waals surface area contributed by atoms with E-state index in [1.165, 1.54) is 165 Å². The predicted molar refractivity (Wildman–Crippen MR) is 461 cm³/mol. The van der Waals surface area contributed by atoms with E-state index in [1.54, 1.807) is 0 Å². The molecule has 0 fully saturated rings. The molecule has 0 spiro atoms. The Morgan fingerprint density at radius 1 is 0.214 bits per heavy atom. The van der Waals surface area contributed by atoms with E-state index in [1.807, 2.05) is 0 Å². The van der Waals surface area contributed by atoms with Crippen LogP contribution in [0.15, 0.2) is 393 Å². The third kappa shape index (κ3) is 13.8. The van der Waals surface area contributed by atoms with Crippen LogP contribution in [0.1, 0.15) is 83.1 Å². The summed E-state index contributed by atoms with van der Waals surface area (Å²) < 4.78 is 138. The van der Waals surface area contributed by atoms with Crippen molar-refractivity contribution in [3.8, 4) is 39.3 Å². The van der Waals surface area contributed by atoms with Crippen LogP contribution in [0.25, 0.3) is 127 Å². The fourth-order valence-corrected chi connectivity index (χ4v) is 18.1. The fourth-order valence-electron chi connectivity index (χ4n) is 17.8. The summed E-state index contributed by atoms with van der Waals surface area (Å²) in [5, 5.41) is 10.2. The van der Waals surface area contributed by atoms with Crippen LogP contribution in [0.4, 0.5) is 0 Å². The zero-order valence-electron chi connectivity index (χ0n) is 86.2. The number of halogens is 1. The molecule has 555 valence electrons. The van der Waals surface area contributed by atoms with E-state index >= 15 is 0 Å². The molecule has 9 radical (unpaired) electrons. The van der Waals surface area contributed by atoms with Crippen LogP contribution in [0.3, 0.4) is 0 Å². The third-order valence-corrected chi connectivity index (χ3v) is 22.4. The van der Waals surface area contributed by atoms with E-state index < -0.39 is 5.41 Å². The summed E-state index contributed by atoms with van der Waals surface area (Å²) >= 11 is 3.67. The van der Waals surface area contributed by atoms with Crippen LogP contribution >= 0.6 is 15.9 Å². The van der Waals surface area contributed by atoms with Gasteiger partial charge in [0.05, 0.1) is 43.9 Å². The largest absolute Gasteiger partial charge is 0.355 e.